The standard InChI is InChI=1S/C47H60F2N6O8/c1-7-13-33(42(58)47(48,49)45(61)52-30(6)31-14-9-8-10-15-31)22-40(57)38-23-35(63-46(62)54-21-18-32-16-11-12-17-34(32)26-54)27-55(38)44(60)41(29(4)5)53-43(59)36(28(2)3)24-39(56)37-25-50-19-20-51-37/h8-12,14-17,19-20,25,28-30,33,35-36,38,41-42,58H,7,13,18,21-24,26-27H2,1-6H3,(H,52,61)(H,53,59)/t30-,33+,35+,36-,38-,41-,42?/m0/s1. The van der Waals surface area contributed by atoms with Gasteiger partial charge in [-0.15, -0.1) is 0 Å². The zero-order chi connectivity index (χ0) is 46.0. The molecule has 0 spiro atoms. The van der Waals surface area contributed by atoms with Crippen molar-refractivity contribution >= 4 is 35.4 Å². The highest BCUT2D eigenvalue weighted by atomic mass is 19.3. The quantitative estimate of drug-likeness (QED) is 0.123. The third kappa shape index (κ3) is 12.1. The molecule has 0 radical (unpaired) electrons. The lowest BCUT2D eigenvalue weighted by atomic mass is 9.85. The zero-order valence-electron chi connectivity index (χ0n) is 36.8. The number of likely N-dealkylation sites (tertiary alicyclic amines) is 1. The second-order valence-corrected chi connectivity index (χ2v) is 17.4. The van der Waals surface area contributed by atoms with Crippen LogP contribution in [0.4, 0.5) is 13.6 Å². The Hall–Kier alpha value is -5.64. The van der Waals surface area contributed by atoms with E-state index in [1.165, 1.54) is 35.3 Å². The molecular formula is C47H60F2N6O8. The molecule has 0 bridgehead atoms. The van der Waals surface area contributed by atoms with E-state index in [1.807, 2.05) is 24.3 Å². The number of nitrogens with zero attached hydrogens (tertiary/aromatic N) is 4. The molecule has 5 rings (SSSR count). The van der Waals surface area contributed by atoms with Gasteiger partial charge in [0.2, 0.25) is 11.8 Å². The van der Waals surface area contributed by atoms with Crippen molar-refractivity contribution in [3.63, 3.8) is 0 Å². The van der Waals surface area contributed by atoms with Crippen LogP contribution in [0.25, 0.3) is 0 Å². The van der Waals surface area contributed by atoms with Crippen molar-refractivity contribution in [1.29, 1.82) is 0 Å². The highest BCUT2D eigenvalue weighted by Gasteiger charge is 2.52. The number of fused-ring (bicyclic) bond motifs is 1. The Kier molecular flexibility index (Phi) is 16.6. The molecule has 3 N–H and O–H groups in total. The first-order chi connectivity index (χ1) is 29.9. The number of rotatable bonds is 19. The summed E-state index contributed by atoms with van der Waals surface area (Å²) < 4.78 is 37.6. The average molecular weight is 875 g/mol. The summed E-state index contributed by atoms with van der Waals surface area (Å²) in [4.78, 5) is 93.4. The highest BCUT2D eigenvalue weighted by Crippen LogP contribution is 2.34. The van der Waals surface area contributed by atoms with E-state index in [-0.39, 0.29) is 43.8 Å². The van der Waals surface area contributed by atoms with Crippen molar-refractivity contribution in [2.45, 2.75) is 123 Å². The number of carbonyl (C=O) groups is 6. The van der Waals surface area contributed by atoms with Crippen molar-refractivity contribution in [2.24, 2.45) is 23.7 Å². The average Bonchev–Trinajstić information content (AvgIpc) is 3.70. The molecule has 1 unspecified atom stereocenters. The molecule has 0 saturated carbocycles. The van der Waals surface area contributed by atoms with E-state index in [9.17, 15) is 33.9 Å². The van der Waals surface area contributed by atoms with Gasteiger partial charge in [0.1, 0.15) is 23.9 Å². The van der Waals surface area contributed by atoms with Crippen LogP contribution in [0.3, 0.4) is 0 Å². The number of alkyl halides is 2. The number of hydrogen-bond acceptors (Lipinski definition) is 10. The van der Waals surface area contributed by atoms with Crippen LogP contribution in [0.1, 0.15) is 107 Å². The molecule has 0 aliphatic carbocycles. The maximum Gasteiger partial charge on any atom is 0.410 e. The lowest BCUT2D eigenvalue weighted by Crippen LogP contribution is -2.56. The fourth-order valence-corrected chi connectivity index (χ4v) is 8.32. The van der Waals surface area contributed by atoms with Crippen LogP contribution in [0.5, 0.6) is 0 Å². The second-order valence-electron chi connectivity index (χ2n) is 17.4. The van der Waals surface area contributed by atoms with Crippen LogP contribution < -0.4 is 10.6 Å². The molecule has 14 nitrogen and oxygen atoms in total. The van der Waals surface area contributed by atoms with E-state index in [0.717, 1.165) is 11.1 Å². The minimum Gasteiger partial charge on any atom is -0.444 e. The molecule has 3 heterocycles. The number of aliphatic hydroxyl groups excluding tert-OH is 1. The first-order valence-electron chi connectivity index (χ1n) is 21.8. The summed E-state index contributed by atoms with van der Waals surface area (Å²) in [5, 5.41) is 16.3. The van der Waals surface area contributed by atoms with Gasteiger partial charge in [-0.2, -0.15) is 8.78 Å². The van der Waals surface area contributed by atoms with E-state index in [1.54, 1.807) is 65.0 Å². The molecular weight excluding hydrogens is 815 g/mol. The number of benzene rings is 2. The SMILES string of the molecule is CCC[C@H](CC(=O)[C@@H]1C[C@@H](OC(=O)N2CCc3ccccc3C2)CN1C(=O)[C@@H](NC(=O)[C@@H](CC(=O)c1cnccn1)C(C)C)C(C)C)C(O)C(F)(F)C(=O)N[C@@H](C)c1ccccc1. The maximum atomic E-state index is 15.8. The summed E-state index contributed by atoms with van der Waals surface area (Å²) in [6.07, 6.45) is -0.227. The molecule has 2 aromatic carbocycles. The topological polar surface area (TPSA) is 188 Å². The number of Topliss-reactive ketones (excluding diaryl/α,β-unsaturated/α-hetero) is 2. The Bertz CT molecular complexity index is 2070. The van der Waals surface area contributed by atoms with Gasteiger partial charge in [-0.1, -0.05) is 95.6 Å². The lowest BCUT2D eigenvalue weighted by Gasteiger charge is -2.33. The first kappa shape index (κ1) is 48.4. The Balaban J connectivity index is 1.37. The van der Waals surface area contributed by atoms with Gasteiger partial charge in [0, 0.05) is 50.7 Å². The third-order valence-electron chi connectivity index (χ3n) is 12.1. The molecule has 4 amide bonds. The summed E-state index contributed by atoms with van der Waals surface area (Å²) >= 11 is 0. The number of aliphatic hydroxyl groups is 1. The molecule has 2 aliphatic rings. The van der Waals surface area contributed by atoms with Gasteiger partial charge in [0.25, 0.3) is 5.91 Å². The van der Waals surface area contributed by atoms with Gasteiger partial charge >= 0.3 is 12.0 Å². The van der Waals surface area contributed by atoms with Gasteiger partial charge in [0.05, 0.1) is 24.8 Å². The van der Waals surface area contributed by atoms with Crippen molar-refractivity contribution < 1.29 is 47.4 Å². The monoisotopic (exact) mass is 874 g/mol. The van der Waals surface area contributed by atoms with Gasteiger partial charge in [-0.05, 0) is 54.2 Å². The zero-order valence-corrected chi connectivity index (χ0v) is 36.8. The van der Waals surface area contributed by atoms with E-state index in [2.05, 4.69) is 20.6 Å². The predicted molar refractivity (Wildman–Crippen MR) is 229 cm³/mol. The van der Waals surface area contributed by atoms with E-state index in [0.29, 0.717) is 25.1 Å². The predicted octanol–water partition coefficient (Wildman–Crippen LogP) is 5.88. The summed E-state index contributed by atoms with van der Waals surface area (Å²) in [6, 6.07) is 12.9. The van der Waals surface area contributed by atoms with Crippen LogP contribution in [0.15, 0.2) is 73.2 Å². The van der Waals surface area contributed by atoms with Crippen LogP contribution >= 0.6 is 0 Å². The first-order valence-corrected chi connectivity index (χ1v) is 21.8. The minimum absolute atomic E-state index is 0.0475. The van der Waals surface area contributed by atoms with E-state index < -0.39 is 95.8 Å². The third-order valence-corrected chi connectivity index (χ3v) is 12.1. The van der Waals surface area contributed by atoms with E-state index in [4.69, 9.17) is 4.74 Å². The van der Waals surface area contributed by atoms with Gasteiger partial charge < -0.3 is 30.3 Å². The number of amides is 4. The Morgan fingerprint density at radius 1 is 0.905 bits per heavy atom. The Morgan fingerprint density at radius 3 is 2.22 bits per heavy atom. The largest absolute Gasteiger partial charge is 0.444 e. The molecule has 7 atom stereocenters. The molecule has 1 saturated heterocycles. The number of halogens is 2. The smallest absolute Gasteiger partial charge is 0.410 e. The fraction of sp³-hybridized carbons (Fsp3) is 0.532. The van der Waals surface area contributed by atoms with Crippen molar-refractivity contribution in [3.8, 4) is 0 Å². The minimum atomic E-state index is -4.28. The number of aromatic nitrogens is 2. The second kappa shape index (κ2) is 21.6. The van der Waals surface area contributed by atoms with Crippen LogP contribution in [0, 0.1) is 23.7 Å². The molecule has 3 aromatic rings. The maximum absolute atomic E-state index is 15.8. The van der Waals surface area contributed by atoms with E-state index >= 15 is 8.78 Å². The van der Waals surface area contributed by atoms with Crippen molar-refractivity contribution in [1.82, 2.24) is 30.4 Å². The molecule has 340 valence electrons. The van der Waals surface area contributed by atoms with Crippen LogP contribution in [-0.2, 0) is 36.9 Å². The van der Waals surface area contributed by atoms with Gasteiger partial charge in [-0.3, -0.25) is 29.0 Å². The Labute approximate surface area is 367 Å². The summed E-state index contributed by atoms with van der Waals surface area (Å²) in [6.45, 7) is 10.6. The number of nitrogens with one attached hydrogen (secondary N) is 2. The number of ketones is 2. The molecule has 1 aromatic heterocycles. The normalized spacial score (nSPS) is 18.8. The van der Waals surface area contributed by atoms with Gasteiger partial charge in [-0.25, -0.2) is 9.78 Å². The summed E-state index contributed by atoms with van der Waals surface area (Å²) in [5.74, 6) is -11.4. The summed E-state index contributed by atoms with van der Waals surface area (Å²) in [5.41, 5.74) is 2.74. The van der Waals surface area contributed by atoms with Crippen molar-refractivity contribution in [2.75, 3.05) is 13.1 Å². The Morgan fingerprint density at radius 2 is 1.59 bits per heavy atom. The van der Waals surface area contributed by atoms with Crippen molar-refractivity contribution in [3.05, 3.63) is 95.6 Å². The highest BCUT2D eigenvalue weighted by molar-refractivity contribution is 5.98. The number of ether oxygens (including phenoxy) is 1. The van der Waals surface area contributed by atoms with Crippen LogP contribution in [-0.4, -0.2) is 104 Å². The fourth-order valence-electron chi connectivity index (χ4n) is 8.32. The summed E-state index contributed by atoms with van der Waals surface area (Å²) in [7, 11) is 0. The molecule has 63 heavy (non-hydrogen) atoms. The number of hydrogen-bond donors (Lipinski definition) is 3. The van der Waals surface area contributed by atoms with Crippen LogP contribution in [0.2, 0.25) is 0 Å². The molecule has 2 aliphatic heterocycles. The lowest BCUT2D eigenvalue weighted by molar-refractivity contribution is -0.172. The molecule has 1 fully saturated rings. The molecule has 16 heteroatoms. The number of carbonyl (C=O) groups excluding carboxylic acids is 6. The van der Waals surface area contributed by atoms with Gasteiger partial charge in [0.15, 0.2) is 11.6 Å².